The fourth-order valence-corrected chi connectivity index (χ4v) is 2.79. The van der Waals surface area contributed by atoms with Gasteiger partial charge in [-0.25, -0.2) is 4.79 Å². The van der Waals surface area contributed by atoms with Crippen LogP contribution in [0, 0.1) is 5.92 Å². The molecule has 0 spiro atoms. The van der Waals surface area contributed by atoms with Crippen molar-refractivity contribution < 1.29 is 9.53 Å². The zero-order chi connectivity index (χ0) is 16.2. The minimum atomic E-state index is -0.426. The van der Waals surface area contributed by atoms with Gasteiger partial charge in [-0.1, -0.05) is 0 Å². The van der Waals surface area contributed by atoms with Crippen LogP contribution in [-0.4, -0.2) is 41.2 Å². The van der Waals surface area contributed by atoms with Gasteiger partial charge in [-0.15, -0.1) is 0 Å². The summed E-state index contributed by atoms with van der Waals surface area (Å²) in [7, 11) is 0. The Morgan fingerprint density at radius 1 is 1.55 bits per heavy atom. The highest BCUT2D eigenvalue weighted by Gasteiger charge is 2.27. The molecule has 5 nitrogen and oxygen atoms in total. The van der Waals surface area contributed by atoms with Crippen LogP contribution in [0.15, 0.2) is 18.3 Å². The molecule has 1 aliphatic rings. The molecule has 1 fully saturated rings. The number of ether oxygens (including phenoxy) is 1. The molecule has 2 heterocycles. The molecule has 0 unspecified atom stereocenters. The summed E-state index contributed by atoms with van der Waals surface area (Å²) in [6, 6.07) is 4.40. The molecule has 124 valence electrons. The standard InChI is InChI=1S/C17H29N3O2/c1-13(15-8-5-9-18-15)19-11-14-7-6-10-20(12-14)16(21)22-17(2,3)4/h5,8-9,13-14,18-19H,6-7,10-12H2,1-4H3/t13-,14+/m0/s1. The van der Waals surface area contributed by atoms with Crippen LogP contribution in [-0.2, 0) is 4.74 Å². The number of rotatable bonds is 4. The van der Waals surface area contributed by atoms with Gasteiger partial charge < -0.3 is 19.9 Å². The molecule has 1 aromatic rings. The van der Waals surface area contributed by atoms with Gasteiger partial charge in [0.25, 0.3) is 0 Å². The smallest absolute Gasteiger partial charge is 0.410 e. The number of aromatic amines is 1. The monoisotopic (exact) mass is 307 g/mol. The summed E-state index contributed by atoms with van der Waals surface area (Å²) in [6.07, 6.45) is 3.96. The fourth-order valence-electron chi connectivity index (χ4n) is 2.79. The number of nitrogens with zero attached hydrogens (tertiary/aromatic N) is 1. The molecule has 2 atom stereocenters. The highest BCUT2D eigenvalue weighted by molar-refractivity contribution is 5.68. The van der Waals surface area contributed by atoms with E-state index in [1.807, 2.05) is 37.9 Å². The van der Waals surface area contributed by atoms with Crippen LogP contribution in [0.5, 0.6) is 0 Å². The van der Waals surface area contributed by atoms with Crippen LogP contribution in [0.4, 0.5) is 4.79 Å². The van der Waals surface area contributed by atoms with Gasteiger partial charge in [0, 0.05) is 37.6 Å². The maximum absolute atomic E-state index is 12.2. The van der Waals surface area contributed by atoms with Crippen molar-refractivity contribution in [2.75, 3.05) is 19.6 Å². The Morgan fingerprint density at radius 2 is 2.32 bits per heavy atom. The van der Waals surface area contributed by atoms with Crippen LogP contribution in [0.25, 0.3) is 0 Å². The van der Waals surface area contributed by atoms with E-state index in [9.17, 15) is 4.79 Å². The van der Waals surface area contributed by atoms with Gasteiger partial charge >= 0.3 is 6.09 Å². The van der Waals surface area contributed by atoms with Crippen molar-refractivity contribution in [1.29, 1.82) is 0 Å². The lowest BCUT2D eigenvalue weighted by atomic mass is 9.98. The Labute approximate surface area is 133 Å². The maximum atomic E-state index is 12.2. The van der Waals surface area contributed by atoms with Crippen LogP contribution in [0.2, 0.25) is 0 Å². The van der Waals surface area contributed by atoms with E-state index in [0.717, 1.165) is 32.5 Å². The van der Waals surface area contributed by atoms with E-state index in [0.29, 0.717) is 12.0 Å². The number of amides is 1. The summed E-state index contributed by atoms with van der Waals surface area (Å²) in [5.41, 5.74) is 0.768. The van der Waals surface area contributed by atoms with Gasteiger partial charge in [-0.3, -0.25) is 0 Å². The fraction of sp³-hybridized carbons (Fsp3) is 0.706. The Hall–Kier alpha value is -1.49. The quantitative estimate of drug-likeness (QED) is 0.897. The number of hydrogen-bond acceptors (Lipinski definition) is 3. The number of hydrogen-bond donors (Lipinski definition) is 2. The Kier molecular flexibility index (Phi) is 5.51. The number of H-pyrrole nitrogens is 1. The van der Waals surface area contributed by atoms with Crippen LogP contribution >= 0.6 is 0 Å². The van der Waals surface area contributed by atoms with E-state index in [2.05, 4.69) is 23.3 Å². The molecule has 5 heteroatoms. The third kappa shape index (κ3) is 5.05. The summed E-state index contributed by atoms with van der Waals surface area (Å²) in [5, 5.41) is 3.55. The Bertz CT molecular complexity index is 465. The topological polar surface area (TPSA) is 57.4 Å². The van der Waals surface area contributed by atoms with Crippen molar-refractivity contribution in [2.45, 2.75) is 52.2 Å². The highest BCUT2D eigenvalue weighted by atomic mass is 16.6. The van der Waals surface area contributed by atoms with E-state index in [-0.39, 0.29) is 6.09 Å². The molecule has 2 N–H and O–H groups in total. The second kappa shape index (κ2) is 7.18. The summed E-state index contributed by atoms with van der Waals surface area (Å²) >= 11 is 0. The molecule has 22 heavy (non-hydrogen) atoms. The first-order valence-electron chi connectivity index (χ1n) is 8.20. The summed E-state index contributed by atoms with van der Waals surface area (Å²) in [6.45, 7) is 10.4. The van der Waals surface area contributed by atoms with E-state index < -0.39 is 5.60 Å². The lowest BCUT2D eigenvalue weighted by molar-refractivity contribution is 0.0165. The molecule has 1 amide bonds. The zero-order valence-corrected chi connectivity index (χ0v) is 14.2. The van der Waals surface area contributed by atoms with Crippen LogP contribution < -0.4 is 5.32 Å². The molecule has 2 rings (SSSR count). The number of nitrogens with one attached hydrogen (secondary N) is 2. The zero-order valence-electron chi connectivity index (χ0n) is 14.2. The average molecular weight is 307 g/mol. The van der Waals surface area contributed by atoms with Crippen LogP contribution in [0.3, 0.4) is 0 Å². The SMILES string of the molecule is C[C@H](NC[C@H]1CCCN(C(=O)OC(C)(C)C)C1)c1ccc[nH]1. The minimum Gasteiger partial charge on any atom is -0.444 e. The lowest BCUT2D eigenvalue weighted by Crippen LogP contribution is -2.45. The first kappa shape index (κ1) is 16.9. The number of aromatic nitrogens is 1. The van der Waals surface area contributed by atoms with Crippen LogP contribution in [0.1, 0.15) is 52.3 Å². The van der Waals surface area contributed by atoms with Gasteiger partial charge in [-0.05, 0) is 58.6 Å². The number of likely N-dealkylation sites (tertiary alicyclic amines) is 1. The van der Waals surface area contributed by atoms with Gasteiger partial charge in [0.1, 0.15) is 5.60 Å². The predicted molar refractivity (Wildman–Crippen MR) is 87.7 cm³/mol. The molecular weight excluding hydrogens is 278 g/mol. The van der Waals surface area contributed by atoms with Gasteiger partial charge in [0.15, 0.2) is 0 Å². The summed E-state index contributed by atoms with van der Waals surface area (Å²) < 4.78 is 5.47. The Balaban J connectivity index is 1.79. The van der Waals surface area contributed by atoms with Gasteiger partial charge in [0.05, 0.1) is 0 Å². The van der Waals surface area contributed by atoms with E-state index in [4.69, 9.17) is 4.74 Å². The molecular formula is C17H29N3O2. The van der Waals surface area contributed by atoms with Gasteiger partial charge in [-0.2, -0.15) is 0 Å². The maximum Gasteiger partial charge on any atom is 0.410 e. The second-order valence-corrected chi connectivity index (χ2v) is 7.19. The van der Waals surface area contributed by atoms with Crippen molar-refractivity contribution in [3.63, 3.8) is 0 Å². The summed E-state index contributed by atoms with van der Waals surface area (Å²) in [5.74, 6) is 0.485. The number of piperidine rings is 1. The van der Waals surface area contributed by atoms with Crippen molar-refractivity contribution >= 4 is 6.09 Å². The molecule has 0 saturated carbocycles. The predicted octanol–water partition coefficient (Wildman–Crippen LogP) is 3.31. The first-order chi connectivity index (χ1) is 10.3. The first-order valence-corrected chi connectivity index (χ1v) is 8.20. The molecule has 0 radical (unpaired) electrons. The second-order valence-electron chi connectivity index (χ2n) is 7.19. The molecule has 0 aromatic carbocycles. The minimum absolute atomic E-state index is 0.186. The van der Waals surface area contributed by atoms with E-state index in [1.54, 1.807) is 0 Å². The molecule has 0 aliphatic carbocycles. The molecule has 1 aromatic heterocycles. The summed E-state index contributed by atoms with van der Waals surface area (Å²) in [4.78, 5) is 17.2. The number of carbonyl (C=O) groups excluding carboxylic acids is 1. The number of carbonyl (C=O) groups is 1. The average Bonchev–Trinajstić information content (AvgIpc) is 2.97. The van der Waals surface area contributed by atoms with Gasteiger partial charge in [0.2, 0.25) is 0 Å². The third-order valence-electron chi connectivity index (χ3n) is 3.97. The lowest BCUT2D eigenvalue weighted by Gasteiger charge is -2.34. The van der Waals surface area contributed by atoms with Crippen molar-refractivity contribution in [1.82, 2.24) is 15.2 Å². The highest BCUT2D eigenvalue weighted by Crippen LogP contribution is 2.20. The molecule has 0 bridgehead atoms. The molecule has 1 aliphatic heterocycles. The van der Waals surface area contributed by atoms with E-state index in [1.165, 1.54) is 5.69 Å². The van der Waals surface area contributed by atoms with Crippen molar-refractivity contribution in [2.24, 2.45) is 5.92 Å². The van der Waals surface area contributed by atoms with Crippen molar-refractivity contribution in [3.8, 4) is 0 Å². The Morgan fingerprint density at radius 3 is 2.95 bits per heavy atom. The molecule has 1 saturated heterocycles. The third-order valence-corrected chi connectivity index (χ3v) is 3.97. The largest absolute Gasteiger partial charge is 0.444 e. The normalized spacial score (nSPS) is 20.7. The van der Waals surface area contributed by atoms with Crippen molar-refractivity contribution in [3.05, 3.63) is 24.0 Å². The van der Waals surface area contributed by atoms with E-state index >= 15 is 0 Å².